The van der Waals surface area contributed by atoms with E-state index < -0.39 is 11.9 Å². The van der Waals surface area contributed by atoms with Crippen molar-refractivity contribution in [2.24, 2.45) is 0 Å². The van der Waals surface area contributed by atoms with Crippen molar-refractivity contribution in [2.75, 3.05) is 39.6 Å². The lowest BCUT2D eigenvalue weighted by Gasteiger charge is -2.21. The molecule has 0 aliphatic carbocycles. The van der Waals surface area contributed by atoms with Crippen molar-refractivity contribution in [3.05, 3.63) is 81.8 Å². The average molecular weight is 563 g/mol. The standard InChI is InChI=1S/C30H38N6O5/c1-4-5-16-41-29-33-26(31)25-27(34-29)36(30(38)32-25)28(23-13-7-6-8-14-23)40-17-10-15-35(2)20-22-12-9-11-21(18-22)19-24(37)39-3/h6-9,11-14,18,28H,4-5,10,15-17,19-20H2,1-3H3,(H,32,38)(H2,31,33,34). The van der Waals surface area contributed by atoms with E-state index in [2.05, 4.69) is 26.8 Å². The number of esters is 1. The van der Waals surface area contributed by atoms with Gasteiger partial charge < -0.3 is 29.8 Å². The molecule has 11 nitrogen and oxygen atoms in total. The Hall–Kier alpha value is -4.22. The summed E-state index contributed by atoms with van der Waals surface area (Å²) in [6.45, 7) is 4.39. The van der Waals surface area contributed by atoms with Crippen LogP contribution in [0.25, 0.3) is 11.2 Å². The summed E-state index contributed by atoms with van der Waals surface area (Å²) in [4.78, 5) is 38.5. The van der Waals surface area contributed by atoms with E-state index in [-0.39, 0.29) is 24.2 Å². The van der Waals surface area contributed by atoms with Crippen LogP contribution < -0.4 is 16.2 Å². The first-order valence-electron chi connectivity index (χ1n) is 13.8. The Morgan fingerprint density at radius 3 is 2.61 bits per heavy atom. The molecule has 0 aliphatic rings. The van der Waals surface area contributed by atoms with Gasteiger partial charge in [0.05, 0.1) is 26.7 Å². The highest BCUT2D eigenvalue weighted by Gasteiger charge is 2.23. The molecule has 4 rings (SSSR count). The predicted molar refractivity (Wildman–Crippen MR) is 157 cm³/mol. The summed E-state index contributed by atoms with van der Waals surface area (Å²) in [5.74, 6) is -0.120. The second kappa shape index (κ2) is 14.4. The molecule has 1 atom stereocenters. The van der Waals surface area contributed by atoms with Crippen molar-refractivity contribution in [1.82, 2.24) is 24.4 Å². The smallest absolute Gasteiger partial charge is 0.330 e. The van der Waals surface area contributed by atoms with Gasteiger partial charge in [0.25, 0.3) is 0 Å². The van der Waals surface area contributed by atoms with Gasteiger partial charge in [-0.1, -0.05) is 67.9 Å². The average Bonchev–Trinajstić information content (AvgIpc) is 3.30. The molecule has 3 N–H and O–H groups in total. The summed E-state index contributed by atoms with van der Waals surface area (Å²) >= 11 is 0. The lowest BCUT2D eigenvalue weighted by molar-refractivity contribution is -0.139. The van der Waals surface area contributed by atoms with Crippen molar-refractivity contribution >= 4 is 23.0 Å². The first-order valence-corrected chi connectivity index (χ1v) is 13.8. The Morgan fingerprint density at radius 1 is 1.07 bits per heavy atom. The number of carbonyl (C=O) groups is 1. The fourth-order valence-corrected chi connectivity index (χ4v) is 4.53. The van der Waals surface area contributed by atoms with Crippen LogP contribution >= 0.6 is 0 Å². The number of nitrogens with two attached hydrogens (primary N) is 1. The fourth-order valence-electron chi connectivity index (χ4n) is 4.53. The molecule has 218 valence electrons. The van der Waals surface area contributed by atoms with Crippen LogP contribution in [0.5, 0.6) is 6.01 Å². The number of benzene rings is 2. The van der Waals surface area contributed by atoms with Gasteiger partial charge in [0.15, 0.2) is 17.7 Å². The van der Waals surface area contributed by atoms with Gasteiger partial charge >= 0.3 is 17.7 Å². The molecule has 0 bridgehead atoms. The minimum atomic E-state index is -0.726. The van der Waals surface area contributed by atoms with Crippen LogP contribution in [-0.4, -0.2) is 64.3 Å². The van der Waals surface area contributed by atoms with E-state index >= 15 is 0 Å². The zero-order valence-electron chi connectivity index (χ0n) is 23.8. The van der Waals surface area contributed by atoms with E-state index in [0.717, 1.165) is 49.0 Å². The maximum absolute atomic E-state index is 13.2. The third-order valence-corrected chi connectivity index (χ3v) is 6.60. The number of imidazole rings is 1. The molecule has 4 aromatic rings. The molecular formula is C30H38N6O5. The summed E-state index contributed by atoms with van der Waals surface area (Å²) in [5, 5.41) is 0. The van der Waals surface area contributed by atoms with Crippen LogP contribution in [0.1, 0.15) is 49.1 Å². The van der Waals surface area contributed by atoms with Gasteiger partial charge in [0, 0.05) is 18.7 Å². The largest absolute Gasteiger partial charge is 0.469 e. The molecule has 0 aliphatic heterocycles. The van der Waals surface area contributed by atoms with Gasteiger partial charge in [-0.25, -0.2) is 9.36 Å². The second-order valence-electron chi connectivity index (χ2n) is 9.89. The maximum Gasteiger partial charge on any atom is 0.330 e. The number of H-pyrrole nitrogens is 1. The number of carbonyl (C=O) groups excluding carboxylic acids is 1. The van der Waals surface area contributed by atoms with Crippen molar-refractivity contribution in [3.8, 4) is 6.01 Å². The van der Waals surface area contributed by atoms with Crippen molar-refractivity contribution in [3.63, 3.8) is 0 Å². The SMILES string of the molecule is CCCCOc1nc(N)c2[nH]c(=O)n(C(OCCCN(C)Cc3cccc(CC(=O)OC)c3)c3ccccc3)c2n1. The lowest BCUT2D eigenvalue weighted by atomic mass is 10.1. The number of rotatable bonds is 15. The molecular weight excluding hydrogens is 524 g/mol. The number of hydrogen-bond donors (Lipinski definition) is 2. The number of methoxy groups -OCH3 is 1. The van der Waals surface area contributed by atoms with Crippen LogP contribution in [0.2, 0.25) is 0 Å². The topological polar surface area (TPSA) is 138 Å². The van der Waals surface area contributed by atoms with Gasteiger partial charge in [-0.15, -0.1) is 0 Å². The number of nitrogens with one attached hydrogen (secondary N) is 1. The second-order valence-corrected chi connectivity index (χ2v) is 9.89. The molecule has 2 heterocycles. The van der Waals surface area contributed by atoms with Crippen molar-refractivity contribution < 1.29 is 19.0 Å². The minimum absolute atomic E-state index is 0.125. The Bertz CT molecular complexity index is 1490. The summed E-state index contributed by atoms with van der Waals surface area (Å²) in [5.41, 5.74) is 9.26. The monoisotopic (exact) mass is 562 g/mol. The molecule has 0 radical (unpaired) electrons. The number of unbranched alkanes of at least 4 members (excludes halogenated alkanes) is 1. The normalized spacial score (nSPS) is 12.1. The van der Waals surface area contributed by atoms with E-state index in [0.29, 0.717) is 24.4 Å². The molecule has 0 saturated carbocycles. The van der Waals surface area contributed by atoms with Crippen LogP contribution in [0.3, 0.4) is 0 Å². The molecule has 41 heavy (non-hydrogen) atoms. The highest BCUT2D eigenvalue weighted by Crippen LogP contribution is 2.25. The van der Waals surface area contributed by atoms with Gasteiger partial charge in [-0.05, 0) is 31.0 Å². The third-order valence-electron chi connectivity index (χ3n) is 6.60. The van der Waals surface area contributed by atoms with Crippen LogP contribution in [-0.2, 0) is 27.2 Å². The molecule has 0 saturated heterocycles. The number of nitrogen functional groups attached to an aromatic ring is 1. The molecule has 11 heteroatoms. The molecule has 0 spiro atoms. The number of fused-ring (bicyclic) bond motifs is 1. The van der Waals surface area contributed by atoms with Gasteiger partial charge in [-0.3, -0.25) is 4.79 Å². The zero-order valence-corrected chi connectivity index (χ0v) is 23.8. The van der Waals surface area contributed by atoms with Crippen molar-refractivity contribution in [1.29, 1.82) is 0 Å². The summed E-state index contributed by atoms with van der Waals surface area (Å²) in [6.07, 6.45) is 2.06. The van der Waals surface area contributed by atoms with Gasteiger partial charge in [-0.2, -0.15) is 9.97 Å². The third kappa shape index (κ3) is 7.92. The summed E-state index contributed by atoms with van der Waals surface area (Å²) in [7, 11) is 3.42. The Balaban J connectivity index is 1.46. The molecule has 2 aromatic heterocycles. The quantitative estimate of drug-likeness (QED) is 0.164. The highest BCUT2D eigenvalue weighted by molar-refractivity contribution is 5.82. The molecule has 2 aromatic carbocycles. The number of anilines is 1. The fraction of sp³-hybridized carbons (Fsp3) is 0.400. The summed E-state index contributed by atoms with van der Waals surface area (Å²) < 4.78 is 18.3. The van der Waals surface area contributed by atoms with Crippen LogP contribution in [0, 0.1) is 0 Å². The van der Waals surface area contributed by atoms with Crippen LogP contribution in [0.15, 0.2) is 59.4 Å². The Labute approximate surface area is 239 Å². The van der Waals surface area contributed by atoms with Gasteiger partial charge in [0.1, 0.15) is 5.52 Å². The highest BCUT2D eigenvalue weighted by atomic mass is 16.5. The van der Waals surface area contributed by atoms with Crippen LogP contribution in [0.4, 0.5) is 5.82 Å². The Kier molecular flexibility index (Phi) is 10.5. The van der Waals surface area contributed by atoms with E-state index in [9.17, 15) is 9.59 Å². The zero-order chi connectivity index (χ0) is 29.2. The van der Waals surface area contributed by atoms with Gasteiger partial charge in [0.2, 0.25) is 0 Å². The minimum Gasteiger partial charge on any atom is -0.469 e. The number of ether oxygens (including phenoxy) is 3. The van der Waals surface area contributed by atoms with Crippen molar-refractivity contribution in [2.45, 2.75) is 45.4 Å². The molecule has 0 fully saturated rings. The van der Waals surface area contributed by atoms with E-state index in [1.54, 1.807) is 0 Å². The maximum atomic E-state index is 13.2. The van der Waals surface area contributed by atoms with E-state index in [1.807, 2.05) is 61.6 Å². The molecule has 1 unspecified atom stereocenters. The Morgan fingerprint density at radius 2 is 1.85 bits per heavy atom. The first-order chi connectivity index (χ1) is 19.9. The van der Waals surface area contributed by atoms with E-state index in [4.69, 9.17) is 19.9 Å². The number of aromatic amines is 1. The number of nitrogens with zero attached hydrogens (tertiary/aromatic N) is 4. The summed E-state index contributed by atoms with van der Waals surface area (Å²) in [6, 6.07) is 17.6. The number of aromatic nitrogens is 4. The lowest BCUT2D eigenvalue weighted by Crippen LogP contribution is -2.27. The molecule has 0 amide bonds. The van der Waals surface area contributed by atoms with E-state index in [1.165, 1.54) is 11.7 Å². The predicted octanol–water partition coefficient (Wildman–Crippen LogP) is 3.68. The first kappa shape index (κ1) is 29.8. The number of hydrogen-bond acceptors (Lipinski definition) is 9.